The van der Waals surface area contributed by atoms with E-state index in [9.17, 15) is 0 Å². The van der Waals surface area contributed by atoms with Gasteiger partial charge in [0.15, 0.2) is 0 Å². The summed E-state index contributed by atoms with van der Waals surface area (Å²) >= 11 is 1.58. The highest BCUT2D eigenvalue weighted by Crippen LogP contribution is 2.28. The number of hydrogen-bond donors (Lipinski definition) is 2. The van der Waals surface area contributed by atoms with Crippen LogP contribution in [0.5, 0.6) is 0 Å². The third-order valence-corrected chi connectivity index (χ3v) is 3.86. The maximum atomic E-state index is 8.69. The summed E-state index contributed by atoms with van der Waals surface area (Å²) in [6.07, 6.45) is 0.423. The highest BCUT2D eigenvalue weighted by Gasteiger charge is 2.08. The predicted molar refractivity (Wildman–Crippen MR) is 86.0 cm³/mol. The van der Waals surface area contributed by atoms with E-state index in [1.807, 2.05) is 35.7 Å². The van der Waals surface area contributed by atoms with E-state index in [0.717, 1.165) is 27.3 Å². The third kappa shape index (κ3) is 2.78. The molecule has 2 aromatic heterocycles. The lowest BCUT2D eigenvalue weighted by Crippen LogP contribution is -2.00. The van der Waals surface area contributed by atoms with Gasteiger partial charge in [0, 0.05) is 12.7 Å². The van der Waals surface area contributed by atoms with Crippen LogP contribution in [-0.2, 0) is 6.42 Å². The molecule has 0 amide bonds. The zero-order chi connectivity index (χ0) is 14.7. The van der Waals surface area contributed by atoms with Crippen LogP contribution in [0.25, 0.3) is 10.2 Å². The van der Waals surface area contributed by atoms with Crippen molar-refractivity contribution in [1.29, 1.82) is 5.26 Å². The summed E-state index contributed by atoms with van der Waals surface area (Å²) in [7, 11) is 1.80. The van der Waals surface area contributed by atoms with Gasteiger partial charge in [-0.3, -0.25) is 0 Å². The van der Waals surface area contributed by atoms with Crippen molar-refractivity contribution < 1.29 is 0 Å². The lowest BCUT2D eigenvalue weighted by molar-refractivity contribution is 1.20. The minimum atomic E-state index is 0.423. The van der Waals surface area contributed by atoms with Gasteiger partial charge in [0.2, 0.25) is 5.95 Å². The van der Waals surface area contributed by atoms with Gasteiger partial charge in [-0.25, -0.2) is 4.98 Å². The lowest BCUT2D eigenvalue weighted by atomic mass is 10.1. The fourth-order valence-electron chi connectivity index (χ4n) is 2.00. The van der Waals surface area contributed by atoms with Crippen molar-refractivity contribution in [2.24, 2.45) is 0 Å². The average molecular weight is 295 g/mol. The molecule has 104 valence electrons. The molecule has 1 aromatic carbocycles. The molecule has 0 unspecified atom stereocenters. The number of nitrogens with one attached hydrogen (secondary N) is 2. The number of aromatic nitrogens is 2. The number of fused-ring (bicyclic) bond motifs is 1. The molecule has 0 radical (unpaired) electrons. The van der Waals surface area contributed by atoms with E-state index in [0.29, 0.717) is 12.4 Å². The van der Waals surface area contributed by atoms with Crippen LogP contribution < -0.4 is 10.6 Å². The van der Waals surface area contributed by atoms with E-state index >= 15 is 0 Å². The molecule has 0 saturated carbocycles. The summed E-state index contributed by atoms with van der Waals surface area (Å²) in [5, 5.41) is 18.0. The molecule has 0 bridgehead atoms. The van der Waals surface area contributed by atoms with Crippen LogP contribution in [0.15, 0.2) is 35.7 Å². The molecular formula is C15H13N5S. The Morgan fingerprint density at radius 1 is 1.19 bits per heavy atom. The minimum Gasteiger partial charge on any atom is -0.357 e. The molecule has 2 heterocycles. The third-order valence-electron chi connectivity index (χ3n) is 3.05. The van der Waals surface area contributed by atoms with Gasteiger partial charge in [-0.15, -0.1) is 11.3 Å². The van der Waals surface area contributed by atoms with Crippen LogP contribution in [0, 0.1) is 11.3 Å². The molecule has 0 saturated heterocycles. The number of thiophene rings is 1. The normalized spacial score (nSPS) is 10.3. The molecule has 5 nitrogen and oxygen atoms in total. The van der Waals surface area contributed by atoms with Crippen LogP contribution in [-0.4, -0.2) is 17.0 Å². The molecule has 0 fully saturated rings. The minimum absolute atomic E-state index is 0.423. The molecule has 0 atom stereocenters. The van der Waals surface area contributed by atoms with Crippen LogP contribution in [0.4, 0.5) is 17.5 Å². The van der Waals surface area contributed by atoms with Crippen LogP contribution in [0.3, 0.4) is 0 Å². The average Bonchev–Trinajstić information content (AvgIpc) is 2.98. The Morgan fingerprint density at radius 2 is 2.00 bits per heavy atom. The second kappa shape index (κ2) is 5.77. The highest BCUT2D eigenvalue weighted by molar-refractivity contribution is 7.16. The number of hydrogen-bond acceptors (Lipinski definition) is 6. The molecule has 0 aliphatic heterocycles. The zero-order valence-electron chi connectivity index (χ0n) is 11.4. The number of nitrogens with zero attached hydrogens (tertiary/aromatic N) is 3. The summed E-state index contributed by atoms with van der Waals surface area (Å²) < 4.78 is 0. The maximum Gasteiger partial charge on any atom is 0.225 e. The monoisotopic (exact) mass is 295 g/mol. The highest BCUT2D eigenvalue weighted by atomic mass is 32.1. The smallest absolute Gasteiger partial charge is 0.225 e. The first-order chi connectivity index (χ1) is 10.3. The number of benzene rings is 1. The fourth-order valence-corrected chi connectivity index (χ4v) is 2.76. The summed E-state index contributed by atoms with van der Waals surface area (Å²) in [6.45, 7) is 0. The van der Waals surface area contributed by atoms with Gasteiger partial charge in [0.25, 0.3) is 0 Å². The maximum absolute atomic E-state index is 8.69. The van der Waals surface area contributed by atoms with E-state index in [4.69, 9.17) is 5.26 Å². The van der Waals surface area contributed by atoms with Gasteiger partial charge >= 0.3 is 0 Å². The molecular weight excluding hydrogens is 282 g/mol. The van der Waals surface area contributed by atoms with Crippen LogP contribution in [0.2, 0.25) is 0 Å². The van der Waals surface area contributed by atoms with E-state index in [1.165, 1.54) is 0 Å². The molecule has 21 heavy (non-hydrogen) atoms. The summed E-state index contributed by atoms with van der Waals surface area (Å²) in [5.41, 5.74) is 1.94. The van der Waals surface area contributed by atoms with Crippen LogP contribution >= 0.6 is 11.3 Å². The van der Waals surface area contributed by atoms with Gasteiger partial charge in [0.1, 0.15) is 10.6 Å². The largest absolute Gasteiger partial charge is 0.357 e. The van der Waals surface area contributed by atoms with Crippen molar-refractivity contribution in [3.05, 3.63) is 41.3 Å². The van der Waals surface area contributed by atoms with Crippen molar-refractivity contribution in [2.45, 2.75) is 6.42 Å². The van der Waals surface area contributed by atoms with Crippen LogP contribution in [0.1, 0.15) is 5.56 Å². The molecule has 3 aromatic rings. The van der Waals surface area contributed by atoms with E-state index in [1.54, 1.807) is 18.4 Å². The molecule has 2 N–H and O–H groups in total. The molecule has 0 aliphatic carbocycles. The zero-order valence-corrected chi connectivity index (χ0v) is 12.2. The Bertz CT molecular complexity index is 801. The van der Waals surface area contributed by atoms with E-state index < -0.39 is 0 Å². The first kappa shape index (κ1) is 13.3. The lowest BCUT2D eigenvalue weighted by Gasteiger charge is -2.09. The van der Waals surface area contributed by atoms with Crippen molar-refractivity contribution >= 4 is 39.0 Å². The molecule has 6 heteroatoms. The Kier molecular flexibility index (Phi) is 3.67. The van der Waals surface area contributed by atoms with Crippen molar-refractivity contribution in [1.82, 2.24) is 9.97 Å². The topological polar surface area (TPSA) is 73.6 Å². The van der Waals surface area contributed by atoms with Crippen molar-refractivity contribution in [3.63, 3.8) is 0 Å². The Hall–Kier alpha value is -2.65. The van der Waals surface area contributed by atoms with Gasteiger partial charge in [0.05, 0.1) is 17.9 Å². The number of nitriles is 1. The van der Waals surface area contributed by atoms with Crippen molar-refractivity contribution in [2.75, 3.05) is 17.7 Å². The second-order valence-corrected chi connectivity index (χ2v) is 5.34. The Labute approximate surface area is 126 Å². The van der Waals surface area contributed by atoms with E-state index in [2.05, 4.69) is 26.7 Å². The number of rotatable bonds is 4. The summed E-state index contributed by atoms with van der Waals surface area (Å²) in [5.74, 6) is 1.37. The molecule has 0 spiro atoms. The SMILES string of the molecule is CNc1nc(Nc2ccc(CC#N)cc2)c2ccsc2n1. The molecule has 0 aliphatic rings. The molecule has 3 rings (SSSR count). The van der Waals surface area contributed by atoms with Gasteiger partial charge < -0.3 is 10.6 Å². The Morgan fingerprint density at radius 3 is 2.71 bits per heavy atom. The first-order valence-corrected chi connectivity index (χ1v) is 7.34. The fraction of sp³-hybridized carbons (Fsp3) is 0.133. The standard InChI is InChI=1S/C15H13N5S/c1-17-15-19-13(12-7-9-21-14(12)20-15)18-11-4-2-10(3-5-11)6-8-16/h2-5,7,9H,6H2,1H3,(H2,17,18,19,20). The van der Waals surface area contributed by atoms with Gasteiger partial charge in [-0.2, -0.15) is 10.2 Å². The van der Waals surface area contributed by atoms with Crippen molar-refractivity contribution in [3.8, 4) is 6.07 Å². The van der Waals surface area contributed by atoms with Gasteiger partial charge in [-0.05, 0) is 29.1 Å². The second-order valence-electron chi connectivity index (χ2n) is 4.44. The summed E-state index contributed by atoms with van der Waals surface area (Å²) in [4.78, 5) is 9.82. The van der Waals surface area contributed by atoms with Gasteiger partial charge in [-0.1, -0.05) is 12.1 Å². The van der Waals surface area contributed by atoms with E-state index in [-0.39, 0.29) is 0 Å². The first-order valence-electron chi connectivity index (χ1n) is 6.46. The quantitative estimate of drug-likeness (QED) is 0.770. The predicted octanol–water partition coefficient (Wildman–Crippen LogP) is 3.54. The number of anilines is 3. The summed E-state index contributed by atoms with van der Waals surface area (Å²) in [6, 6.07) is 11.9. The Balaban J connectivity index is 1.93.